The minimum atomic E-state index is -0.588. The van der Waals surface area contributed by atoms with Crippen molar-refractivity contribution in [2.24, 2.45) is 0 Å². The van der Waals surface area contributed by atoms with Crippen LogP contribution in [0.1, 0.15) is 42.3 Å². The molecule has 3 aromatic rings. The maximum absolute atomic E-state index is 12.7. The Morgan fingerprint density at radius 1 is 1.06 bits per heavy atom. The van der Waals surface area contributed by atoms with Crippen LogP contribution in [0, 0.1) is 0 Å². The lowest BCUT2D eigenvalue weighted by Gasteiger charge is -2.26. The Balaban J connectivity index is 1.64. The van der Waals surface area contributed by atoms with E-state index in [0.717, 1.165) is 11.1 Å². The van der Waals surface area contributed by atoms with E-state index < -0.39 is 11.7 Å². The first kappa shape index (κ1) is 24.5. The van der Waals surface area contributed by atoms with E-state index in [-0.39, 0.29) is 5.91 Å². The zero-order valence-corrected chi connectivity index (χ0v) is 19.7. The summed E-state index contributed by atoms with van der Waals surface area (Å²) in [5.74, 6) is -0.235. The number of nitrogen functional groups attached to an aromatic ring is 1. The highest BCUT2D eigenvalue weighted by molar-refractivity contribution is 6.05. The van der Waals surface area contributed by atoms with Crippen molar-refractivity contribution < 1.29 is 14.3 Å². The first-order valence-electron chi connectivity index (χ1n) is 11.0. The van der Waals surface area contributed by atoms with Crippen molar-refractivity contribution in [1.29, 1.82) is 0 Å². The highest BCUT2D eigenvalue weighted by Gasteiger charge is 2.21. The van der Waals surface area contributed by atoms with Gasteiger partial charge in [-0.05, 0) is 62.2 Å². The lowest BCUT2D eigenvalue weighted by molar-refractivity contribution is 0.0256. The van der Waals surface area contributed by atoms with Gasteiger partial charge in [0, 0.05) is 24.5 Å². The molecule has 0 unspecified atom stereocenters. The predicted molar refractivity (Wildman–Crippen MR) is 135 cm³/mol. The number of hydrogen-bond donors (Lipinski definition) is 2. The minimum absolute atomic E-state index is 0.235. The molecule has 0 atom stereocenters. The Kier molecular flexibility index (Phi) is 8.03. The number of pyridine rings is 1. The highest BCUT2D eigenvalue weighted by atomic mass is 16.6. The summed E-state index contributed by atoms with van der Waals surface area (Å²) in [6.45, 7) is 6.26. The molecule has 176 valence electrons. The lowest BCUT2D eigenvalue weighted by atomic mass is 10.1. The molecule has 1 aromatic heterocycles. The van der Waals surface area contributed by atoms with Crippen molar-refractivity contribution in [3.8, 4) is 0 Å². The van der Waals surface area contributed by atoms with E-state index in [1.165, 1.54) is 0 Å². The average Bonchev–Trinajstić information content (AvgIpc) is 2.80. The first-order valence-corrected chi connectivity index (χ1v) is 11.0. The largest absolute Gasteiger partial charge is 0.444 e. The Morgan fingerprint density at radius 3 is 2.44 bits per heavy atom. The summed E-state index contributed by atoms with van der Waals surface area (Å²) in [4.78, 5) is 30.9. The molecular formula is C27H30N4O3. The molecule has 0 bridgehead atoms. The van der Waals surface area contributed by atoms with Crippen LogP contribution in [0.5, 0.6) is 0 Å². The van der Waals surface area contributed by atoms with E-state index in [1.54, 1.807) is 41.6 Å². The molecule has 7 nitrogen and oxygen atoms in total. The second-order valence-electron chi connectivity index (χ2n) is 8.79. The first-order chi connectivity index (χ1) is 16.2. The van der Waals surface area contributed by atoms with Crippen LogP contribution in [0.2, 0.25) is 0 Å². The van der Waals surface area contributed by atoms with Crippen molar-refractivity contribution in [1.82, 2.24) is 9.88 Å². The molecule has 3 N–H and O–H groups in total. The third kappa shape index (κ3) is 7.48. The maximum Gasteiger partial charge on any atom is 0.410 e. The van der Waals surface area contributed by atoms with Crippen LogP contribution in [0.15, 0.2) is 79.1 Å². The SMILES string of the molecule is CC(C)(C)OC(=O)N(C/C=C/c1ccc(C(=O)Nc2ccccc2N)cc1)Cc1cccnc1. The van der Waals surface area contributed by atoms with E-state index in [9.17, 15) is 9.59 Å². The second kappa shape index (κ2) is 11.1. The summed E-state index contributed by atoms with van der Waals surface area (Å²) in [6.07, 6.45) is 6.82. The second-order valence-corrected chi connectivity index (χ2v) is 8.79. The standard InChI is InChI=1S/C27H30N4O3/c1-27(2,3)34-26(33)31(19-21-8-6-16-29-18-21)17-7-9-20-12-14-22(15-13-20)25(32)30-24-11-5-4-10-23(24)28/h4-16,18H,17,19,28H2,1-3H3,(H,30,32)/b9-7+. The van der Waals surface area contributed by atoms with Gasteiger partial charge in [0.15, 0.2) is 0 Å². The fraction of sp³-hybridized carbons (Fsp3) is 0.222. The van der Waals surface area contributed by atoms with Crippen LogP contribution in [0.25, 0.3) is 6.08 Å². The zero-order valence-electron chi connectivity index (χ0n) is 19.7. The van der Waals surface area contributed by atoms with E-state index in [1.807, 2.05) is 69.3 Å². The molecule has 34 heavy (non-hydrogen) atoms. The molecule has 3 rings (SSSR count). The Morgan fingerprint density at radius 2 is 1.79 bits per heavy atom. The van der Waals surface area contributed by atoms with Gasteiger partial charge < -0.3 is 20.7 Å². The third-order valence-electron chi connectivity index (χ3n) is 4.77. The van der Waals surface area contributed by atoms with Gasteiger partial charge in [0.05, 0.1) is 17.9 Å². The summed E-state index contributed by atoms with van der Waals surface area (Å²) in [5, 5.41) is 2.81. The molecule has 7 heteroatoms. The van der Waals surface area contributed by atoms with Gasteiger partial charge in [0.2, 0.25) is 0 Å². The molecule has 2 aromatic carbocycles. The normalized spacial score (nSPS) is 11.3. The number of carbonyl (C=O) groups is 2. The number of para-hydroxylation sites is 2. The van der Waals surface area contributed by atoms with Crippen LogP contribution >= 0.6 is 0 Å². The number of nitrogens with one attached hydrogen (secondary N) is 1. The average molecular weight is 459 g/mol. The summed E-state index contributed by atoms with van der Waals surface area (Å²) in [7, 11) is 0. The summed E-state index contributed by atoms with van der Waals surface area (Å²) >= 11 is 0. The minimum Gasteiger partial charge on any atom is -0.444 e. The molecular weight excluding hydrogens is 428 g/mol. The molecule has 0 radical (unpaired) electrons. The van der Waals surface area contributed by atoms with Gasteiger partial charge in [0.1, 0.15) is 5.60 Å². The van der Waals surface area contributed by atoms with Gasteiger partial charge in [-0.15, -0.1) is 0 Å². The van der Waals surface area contributed by atoms with Crippen LogP contribution in [0.4, 0.5) is 16.2 Å². The van der Waals surface area contributed by atoms with E-state index in [2.05, 4.69) is 10.3 Å². The van der Waals surface area contributed by atoms with E-state index in [0.29, 0.717) is 30.0 Å². The Labute approximate surface area is 200 Å². The van der Waals surface area contributed by atoms with Gasteiger partial charge >= 0.3 is 6.09 Å². The number of aromatic nitrogens is 1. The summed E-state index contributed by atoms with van der Waals surface area (Å²) in [5.41, 5.74) is 8.73. The molecule has 1 heterocycles. The molecule has 0 aliphatic rings. The fourth-order valence-corrected chi connectivity index (χ4v) is 3.11. The molecule has 0 saturated carbocycles. The smallest absolute Gasteiger partial charge is 0.410 e. The zero-order chi connectivity index (χ0) is 24.6. The number of benzene rings is 2. The van der Waals surface area contributed by atoms with Gasteiger partial charge in [-0.1, -0.05) is 42.5 Å². The van der Waals surface area contributed by atoms with Crippen LogP contribution in [-0.4, -0.2) is 34.0 Å². The van der Waals surface area contributed by atoms with Gasteiger partial charge in [-0.2, -0.15) is 0 Å². The number of nitrogens with zero attached hydrogens (tertiary/aromatic N) is 2. The van der Waals surface area contributed by atoms with Crippen molar-refractivity contribution >= 4 is 29.5 Å². The molecule has 0 saturated heterocycles. The number of ether oxygens (including phenoxy) is 1. The topological polar surface area (TPSA) is 97.5 Å². The van der Waals surface area contributed by atoms with Crippen LogP contribution in [0.3, 0.4) is 0 Å². The van der Waals surface area contributed by atoms with Gasteiger partial charge in [-0.25, -0.2) is 4.79 Å². The van der Waals surface area contributed by atoms with Crippen molar-refractivity contribution in [3.05, 3.63) is 95.8 Å². The molecule has 0 aliphatic heterocycles. The monoisotopic (exact) mass is 458 g/mol. The maximum atomic E-state index is 12.7. The van der Waals surface area contributed by atoms with Crippen LogP contribution in [-0.2, 0) is 11.3 Å². The Bertz CT molecular complexity index is 1140. The van der Waals surface area contributed by atoms with Crippen molar-refractivity contribution in [2.75, 3.05) is 17.6 Å². The van der Waals surface area contributed by atoms with Crippen molar-refractivity contribution in [2.45, 2.75) is 32.9 Å². The van der Waals surface area contributed by atoms with Gasteiger partial charge in [0.25, 0.3) is 5.91 Å². The molecule has 0 fully saturated rings. The van der Waals surface area contributed by atoms with Crippen molar-refractivity contribution in [3.63, 3.8) is 0 Å². The fourth-order valence-electron chi connectivity index (χ4n) is 3.11. The van der Waals surface area contributed by atoms with Crippen LogP contribution < -0.4 is 11.1 Å². The quantitative estimate of drug-likeness (QED) is 0.464. The van der Waals surface area contributed by atoms with Gasteiger partial charge in [-0.3, -0.25) is 9.78 Å². The van der Waals surface area contributed by atoms with E-state index >= 15 is 0 Å². The predicted octanol–water partition coefficient (Wildman–Crippen LogP) is 5.37. The summed E-state index contributed by atoms with van der Waals surface area (Å²) in [6, 6.07) is 18.1. The number of amides is 2. The molecule has 0 spiro atoms. The van der Waals surface area contributed by atoms with E-state index in [4.69, 9.17) is 10.5 Å². The highest BCUT2D eigenvalue weighted by Crippen LogP contribution is 2.18. The Hall–Kier alpha value is -4.13. The number of carbonyl (C=O) groups excluding carboxylic acids is 2. The molecule has 2 amide bonds. The molecule has 0 aliphatic carbocycles. The number of nitrogens with two attached hydrogens (primary N) is 1. The lowest BCUT2D eigenvalue weighted by Crippen LogP contribution is -2.36. The number of hydrogen-bond acceptors (Lipinski definition) is 5. The summed E-state index contributed by atoms with van der Waals surface area (Å²) < 4.78 is 5.55. The number of anilines is 2. The third-order valence-corrected chi connectivity index (χ3v) is 4.77. The number of rotatable bonds is 7.